The Kier molecular flexibility index (Phi) is 11.1. The minimum Gasteiger partial charge on any atom is -0.310 e. The zero-order chi connectivity index (χ0) is 49.7. The Morgan fingerprint density at radius 3 is 1.31 bits per heavy atom. The van der Waals surface area contributed by atoms with E-state index in [1.54, 1.807) is 0 Å². The van der Waals surface area contributed by atoms with E-state index >= 15 is 0 Å². The summed E-state index contributed by atoms with van der Waals surface area (Å²) >= 11 is 1.87. The first-order chi connectivity index (χ1) is 37.2. The van der Waals surface area contributed by atoms with Crippen LogP contribution in [0.3, 0.4) is 0 Å². The van der Waals surface area contributed by atoms with Crippen molar-refractivity contribution in [3.8, 4) is 72.4 Å². The maximum Gasteiger partial charge on any atom is 0.0547 e. The number of rotatable bonds is 10. The van der Waals surface area contributed by atoms with E-state index in [0.29, 0.717) is 0 Å². The number of para-hydroxylation sites is 2. The van der Waals surface area contributed by atoms with Gasteiger partial charge in [-0.05, 0) is 128 Å². The molecule has 0 N–H and O–H groups in total. The summed E-state index contributed by atoms with van der Waals surface area (Å²) in [5.74, 6) is 0. The van der Waals surface area contributed by atoms with Crippen molar-refractivity contribution in [3.05, 3.63) is 291 Å². The fourth-order valence-corrected chi connectivity index (χ4v) is 12.3. The van der Waals surface area contributed by atoms with Gasteiger partial charge in [0.15, 0.2) is 0 Å². The van der Waals surface area contributed by atoms with Gasteiger partial charge in [-0.1, -0.05) is 224 Å². The Morgan fingerprint density at radius 1 is 0.267 bits per heavy atom. The maximum absolute atomic E-state index is 2.45. The number of aromatic nitrogens is 1. The number of thiophene rings is 1. The lowest BCUT2D eigenvalue weighted by Gasteiger charge is -2.28. The summed E-state index contributed by atoms with van der Waals surface area (Å²) < 4.78 is 5.06. The van der Waals surface area contributed by atoms with E-state index in [0.717, 1.165) is 28.2 Å². The second-order valence-corrected chi connectivity index (χ2v) is 20.3. The summed E-state index contributed by atoms with van der Waals surface area (Å²) in [5, 5.41) is 5.11. The molecule has 0 aliphatic rings. The van der Waals surface area contributed by atoms with Gasteiger partial charge in [0.2, 0.25) is 0 Å². The highest BCUT2D eigenvalue weighted by Crippen LogP contribution is 2.45. The fraction of sp³-hybridized carbons (Fsp3) is 0. The van der Waals surface area contributed by atoms with Crippen LogP contribution in [0, 0.1) is 0 Å². The first-order valence-corrected chi connectivity index (χ1v) is 26.5. The first-order valence-electron chi connectivity index (χ1n) is 25.6. The van der Waals surface area contributed by atoms with E-state index in [4.69, 9.17) is 0 Å². The molecule has 14 rings (SSSR count). The molecule has 14 aromatic rings. The van der Waals surface area contributed by atoms with Crippen molar-refractivity contribution in [3.63, 3.8) is 0 Å². The Morgan fingerprint density at radius 2 is 0.693 bits per heavy atom. The van der Waals surface area contributed by atoms with Crippen LogP contribution in [-0.2, 0) is 0 Å². The largest absolute Gasteiger partial charge is 0.310 e. The lowest BCUT2D eigenvalue weighted by Crippen LogP contribution is -2.11. The van der Waals surface area contributed by atoms with Gasteiger partial charge >= 0.3 is 0 Å². The molecule has 0 spiro atoms. The second kappa shape index (κ2) is 18.8. The zero-order valence-electron chi connectivity index (χ0n) is 41.0. The van der Waals surface area contributed by atoms with Crippen LogP contribution >= 0.6 is 11.3 Å². The standard InChI is InChI=1S/C72H48N2S/c1-3-15-49(16-4-1)51-29-33-53(34-30-51)55-37-41-59(42-38-55)73(60-43-39-56(40-44-60)54-35-31-52(32-36-54)50-17-5-2-6-18-50)67-25-10-7-21-62(67)57-19-13-20-58(47-57)63-24-14-27-69-72(63)66-23-8-11-26-68(66)74(69)61-45-46-65-64-22-9-12-28-70(64)75-71(65)48-61/h1-48H. The molecular formula is C72H48N2S. The van der Waals surface area contributed by atoms with Crippen LogP contribution in [0.5, 0.6) is 0 Å². The highest BCUT2D eigenvalue weighted by Gasteiger charge is 2.21. The molecule has 12 aromatic carbocycles. The summed E-state index contributed by atoms with van der Waals surface area (Å²) in [7, 11) is 0. The van der Waals surface area contributed by atoms with Gasteiger partial charge in [0.1, 0.15) is 0 Å². The summed E-state index contributed by atoms with van der Waals surface area (Å²) in [6, 6.07) is 106. The number of benzene rings is 12. The van der Waals surface area contributed by atoms with Crippen LogP contribution in [0.15, 0.2) is 291 Å². The molecule has 2 nitrogen and oxygen atoms in total. The van der Waals surface area contributed by atoms with Crippen molar-refractivity contribution in [2.24, 2.45) is 0 Å². The smallest absolute Gasteiger partial charge is 0.0547 e. The van der Waals surface area contributed by atoms with Crippen molar-refractivity contribution in [2.75, 3.05) is 4.90 Å². The molecule has 75 heavy (non-hydrogen) atoms. The van der Waals surface area contributed by atoms with E-state index in [1.807, 2.05) is 11.3 Å². The van der Waals surface area contributed by atoms with Crippen LogP contribution in [0.2, 0.25) is 0 Å². The van der Waals surface area contributed by atoms with Crippen LogP contribution in [-0.4, -0.2) is 4.57 Å². The maximum atomic E-state index is 2.45. The molecule has 0 unspecified atom stereocenters. The third-order valence-corrected chi connectivity index (χ3v) is 16.0. The van der Waals surface area contributed by atoms with Crippen molar-refractivity contribution in [1.82, 2.24) is 4.57 Å². The van der Waals surface area contributed by atoms with Crippen molar-refractivity contribution >= 4 is 70.4 Å². The molecule has 0 aliphatic heterocycles. The lowest BCUT2D eigenvalue weighted by atomic mass is 9.94. The molecular weight excluding hydrogens is 925 g/mol. The number of nitrogens with zero attached hydrogens (tertiary/aromatic N) is 2. The van der Waals surface area contributed by atoms with Gasteiger partial charge in [0.05, 0.1) is 16.7 Å². The average Bonchev–Trinajstić information content (AvgIpc) is 4.07. The highest BCUT2D eigenvalue weighted by atomic mass is 32.1. The predicted octanol–water partition coefficient (Wildman–Crippen LogP) is 20.6. The molecule has 0 bridgehead atoms. The van der Waals surface area contributed by atoms with Crippen LogP contribution in [0.4, 0.5) is 17.1 Å². The average molecular weight is 973 g/mol. The molecule has 0 saturated heterocycles. The third-order valence-electron chi connectivity index (χ3n) is 14.8. The summed E-state index contributed by atoms with van der Waals surface area (Å²) in [4.78, 5) is 2.41. The van der Waals surface area contributed by atoms with Crippen molar-refractivity contribution < 1.29 is 0 Å². The van der Waals surface area contributed by atoms with E-state index in [2.05, 4.69) is 301 Å². The van der Waals surface area contributed by atoms with Crippen LogP contribution < -0.4 is 4.90 Å². The SMILES string of the molecule is c1ccc(-c2ccc(-c3ccc(N(c4ccc(-c5ccc(-c6ccccc6)cc5)cc4)c4ccccc4-c4cccc(-c5cccc6c5c5ccccc5n6-c5ccc6c(c5)sc5ccccc56)c4)cc3)cc2)cc1. The minimum absolute atomic E-state index is 1.08. The Bertz CT molecular complexity index is 4230. The topological polar surface area (TPSA) is 8.17 Å². The summed E-state index contributed by atoms with van der Waals surface area (Å²) in [6.45, 7) is 0. The second-order valence-electron chi connectivity index (χ2n) is 19.2. The highest BCUT2D eigenvalue weighted by molar-refractivity contribution is 7.25. The first kappa shape index (κ1) is 44.2. The molecule has 0 atom stereocenters. The van der Waals surface area contributed by atoms with Gasteiger partial charge < -0.3 is 9.47 Å². The Labute approximate surface area is 440 Å². The number of hydrogen-bond donors (Lipinski definition) is 0. The fourth-order valence-electron chi connectivity index (χ4n) is 11.2. The molecule has 0 fully saturated rings. The summed E-state index contributed by atoms with van der Waals surface area (Å²) in [6.07, 6.45) is 0. The predicted molar refractivity (Wildman–Crippen MR) is 321 cm³/mol. The normalized spacial score (nSPS) is 11.5. The molecule has 2 aromatic heterocycles. The van der Waals surface area contributed by atoms with Crippen LogP contribution in [0.25, 0.3) is 114 Å². The van der Waals surface area contributed by atoms with Gasteiger partial charge in [0, 0.05) is 53.6 Å². The van der Waals surface area contributed by atoms with Gasteiger partial charge in [-0.3, -0.25) is 0 Å². The molecule has 3 heteroatoms. The zero-order valence-corrected chi connectivity index (χ0v) is 41.8. The van der Waals surface area contributed by atoms with Crippen LogP contribution in [0.1, 0.15) is 0 Å². The number of fused-ring (bicyclic) bond motifs is 6. The van der Waals surface area contributed by atoms with Gasteiger partial charge in [-0.15, -0.1) is 11.3 Å². The van der Waals surface area contributed by atoms with E-state index in [-0.39, 0.29) is 0 Å². The molecule has 2 heterocycles. The van der Waals surface area contributed by atoms with Crippen molar-refractivity contribution in [2.45, 2.75) is 0 Å². The van der Waals surface area contributed by atoms with E-state index < -0.39 is 0 Å². The third kappa shape index (κ3) is 8.08. The molecule has 352 valence electrons. The minimum atomic E-state index is 1.08. The molecule has 0 radical (unpaired) electrons. The van der Waals surface area contributed by atoms with Crippen molar-refractivity contribution in [1.29, 1.82) is 0 Å². The molecule has 0 aliphatic carbocycles. The van der Waals surface area contributed by atoms with Gasteiger partial charge in [-0.2, -0.15) is 0 Å². The van der Waals surface area contributed by atoms with Gasteiger partial charge in [0.25, 0.3) is 0 Å². The number of anilines is 3. The molecule has 0 saturated carbocycles. The van der Waals surface area contributed by atoms with Gasteiger partial charge in [-0.25, -0.2) is 0 Å². The quantitative estimate of drug-likeness (QED) is 0.133. The summed E-state index contributed by atoms with van der Waals surface area (Å²) in [5.41, 5.74) is 21.1. The van der Waals surface area contributed by atoms with E-state index in [1.165, 1.54) is 103 Å². The van der Waals surface area contributed by atoms with E-state index in [9.17, 15) is 0 Å². The molecule has 0 amide bonds. The number of hydrogen-bond acceptors (Lipinski definition) is 2. The Balaban J connectivity index is 0.859. The Hall–Kier alpha value is -9.54. The lowest BCUT2D eigenvalue weighted by molar-refractivity contribution is 1.19. The monoisotopic (exact) mass is 972 g/mol.